The molecule has 1 nitrogen and oxygen atoms in total. The second-order valence-corrected chi connectivity index (χ2v) is 5.74. The van der Waals surface area contributed by atoms with Gasteiger partial charge in [0.1, 0.15) is 5.82 Å². The minimum absolute atomic E-state index is 0.156. The molecule has 2 aromatic rings. The number of nitrogens with one attached hydrogen (secondary N) is 1. The van der Waals surface area contributed by atoms with Crippen molar-refractivity contribution in [2.75, 3.05) is 0 Å². The smallest absolute Gasteiger partial charge is 0.129 e. The van der Waals surface area contributed by atoms with Crippen molar-refractivity contribution in [3.05, 3.63) is 68.9 Å². The Labute approximate surface area is 125 Å². The zero-order valence-corrected chi connectivity index (χ0v) is 12.8. The normalized spacial score (nSPS) is 12.4. The van der Waals surface area contributed by atoms with Gasteiger partial charge in [0.05, 0.1) is 0 Å². The lowest BCUT2D eigenvalue weighted by atomic mass is 10.1. The lowest BCUT2D eigenvalue weighted by Gasteiger charge is -2.15. The molecule has 0 aliphatic heterocycles. The second kappa shape index (κ2) is 6.51. The van der Waals surface area contributed by atoms with E-state index in [0.29, 0.717) is 17.1 Å². The van der Waals surface area contributed by atoms with E-state index in [2.05, 4.69) is 28.2 Å². The third kappa shape index (κ3) is 4.03. The van der Waals surface area contributed by atoms with Crippen LogP contribution in [0.4, 0.5) is 4.39 Å². The molecule has 4 heteroatoms. The first-order valence-electron chi connectivity index (χ1n) is 5.99. The van der Waals surface area contributed by atoms with Crippen molar-refractivity contribution < 1.29 is 4.39 Å². The summed E-state index contributed by atoms with van der Waals surface area (Å²) in [5.74, 6) is -0.275. The summed E-state index contributed by atoms with van der Waals surface area (Å²) in [6, 6.07) is 13.0. The topological polar surface area (TPSA) is 12.0 Å². The molecule has 0 spiro atoms. The molecule has 2 aromatic carbocycles. The van der Waals surface area contributed by atoms with Crippen LogP contribution in [0.15, 0.2) is 46.9 Å². The van der Waals surface area contributed by atoms with Gasteiger partial charge in [-0.25, -0.2) is 4.39 Å². The molecule has 0 saturated heterocycles. The average Bonchev–Trinajstić information content (AvgIpc) is 2.38. The van der Waals surface area contributed by atoms with Crippen molar-refractivity contribution in [3.8, 4) is 0 Å². The highest BCUT2D eigenvalue weighted by molar-refractivity contribution is 9.10. The van der Waals surface area contributed by atoms with Crippen LogP contribution in [0.3, 0.4) is 0 Å². The van der Waals surface area contributed by atoms with Crippen LogP contribution >= 0.6 is 27.5 Å². The minimum Gasteiger partial charge on any atom is -0.306 e. The number of hydrogen-bond acceptors (Lipinski definition) is 1. The molecule has 1 N–H and O–H groups in total. The van der Waals surface area contributed by atoms with Gasteiger partial charge in [0.25, 0.3) is 0 Å². The highest BCUT2D eigenvalue weighted by Gasteiger charge is 2.07. The molecule has 0 radical (unpaired) electrons. The Morgan fingerprint density at radius 2 is 1.89 bits per heavy atom. The van der Waals surface area contributed by atoms with E-state index in [0.717, 1.165) is 10.0 Å². The van der Waals surface area contributed by atoms with E-state index in [9.17, 15) is 4.39 Å². The SMILES string of the molecule is C[C@H](NCc1ccc(Cl)cc1F)c1ccc(Br)cc1. The first kappa shape index (κ1) is 14.5. The van der Waals surface area contributed by atoms with Gasteiger partial charge in [0.15, 0.2) is 0 Å². The summed E-state index contributed by atoms with van der Waals surface area (Å²) in [5, 5.41) is 3.72. The van der Waals surface area contributed by atoms with Gasteiger partial charge in [-0.15, -0.1) is 0 Å². The second-order valence-electron chi connectivity index (χ2n) is 4.39. The zero-order valence-electron chi connectivity index (χ0n) is 10.5. The third-order valence-corrected chi connectivity index (χ3v) is 3.75. The lowest BCUT2D eigenvalue weighted by Crippen LogP contribution is -2.18. The van der Waals surface area contributed by atoms with Gasteiger partial charge in [-0.2, -0.15) is 0 Å². The Hall–Kier alpha value is -0.900. The summed E-state index contributed by atoms with van der Waals surface area (Å²) < 4.78 is 14.7. The summed E-state index contributed by atoms with van der Waals surface area (Å²) in [6.07, 6.45) is 0. The molecule has 2 rings (SSSR count). The number of rotatable bonds is 4. The van der Waals surface area contributed by atoms with E-state index < -0.39 is 0 Å². The van der Waals surface area contributed by atoms with Crippen LogP contribution in [-0.4, -0.2) is 0 Å². The van der Waals surface area contributed by atoms with Crippen LogP contribution in [-0.2, 0) is 6.54 Å². The minimum atomic E-state index is -0.275. The quantitative estimate of drug-likeness (QED) is 0.816. The molecule has 0 bridgehead atoms. The van der Waals surface area contributed by atoms with Crippen molar-refractivity contribution in [2.45, 2.75) is 19.5 Å². The molecule has 0 aliphatic carbocycles. The van der Waals surface area contributed by atoms with Crippen molar-refractivity contribution in [2.24, 2.45) is 0 Å². The van der Waals surface area contributed by atoms with Gasteiger partial charge >= 0.3 is 0 Å². The highest BCUT2D eigenvalue weighted by atomic mass is 79.9. The third-order valence-electron chi connectivity index (χ3n) is 2.98. The van der Waals surface area contributed by atoms with Gasteiger partial charge < -0.3 is 5.32 Å². The van der Waals surface area contributed by atoms with Crippen LogP contribution in [0.25, 0.3) is 0 Å². The zero-order chi connectivity index (χ0) is 13.8. The highest BCUT2D eigenvalue weighted by Crippen LogP contribution is 2.18. The largest absolute Gasteiger partial charge is 0.306 e. The molecule has 0 fully saturated rings. The number of hydrogen-bond donors (Lipinski definition) is 1. The Morgan fingerprint density at radius 3 is 2.53 bits per heavy atom. The van der Waals surface area contributed by atoms with Crippen molar-refractivity contribution in [1.29, 1.82) is 0 Å². The Kier molecular flexibility index (Phi) is 4.97. The maximum absolute atomic E-state index is 13.6. The monoisotopic (exact) mass is 341 g/mol. The predicted molar refractivity (Wildman–Crippen MR) is 80.8 cm³/mol. The fraction of sp³-hybridized carbons (Fsp3) is 0.200. The van der Waals surface area contributed by atoms with Crippen LogP contribution in [0.1, 0.15) is 24.1 Å². The Bertz CT molecular complexity index is 557. The fourth-order valence-corrected chi connectivity index (χ4v) is 2.22. The molecule has 0 saturated carbocycles. The molecule has 19 heavy (non-hydrogen) atoms. The van der Waals surface area contributed by atoms with E-state index in [4.69, 9.17) is 11.6 Å². The van der Waals surface area contributed by atoms with Gasteiger partial charge in [0.2, 0.25) is 0 Å². The first-order chi connectivity index (χ1) is 9.06. The molecular formula is C15H14BrClFN. The van der Waals surface area contributed by atoms with E-state index in [1.807, 2.05) is 24.3 Å². The van der Waals surface area contributed by atoms with Crippen LogP contribution < -0.4 is 5.32 Å². The van der Waals surface area contributed by atoms with Gasteiger partial charge in [-0.1, -0.05) is 45.7 Å². The van der Waals surface area contributed by atoms with E-state index in [1.54, 1.807) is 12.1 Å². The molecule has 100 valence electrons. The number of benzene rings is 2. The van der Waals surface area contributed by atoms with Gasteiger partial charge in [-0.05, 0) is 36.8 Å². The van der Waals surface area contributed by atoms with Crippen molar-refractivity contribution in [1.82, 2.24) is 5.32 Å². The van der Waals surface area contributed by atoms with E-state index in [1.165, 1.54) is 6.07 Å². The Morgan fingerprint density at radius 1 is 1.21 bits per heavy atom. The molecule has 1 atom stereocenters. The summed E-state index contributed by atoms with van der Waals surface area (Å²) in [4.78, 5) is 0. The summed E-state index contributed by atoms with van der Waals surface area (Å²) in [6.45, 7) is 2.53. The molecule has 0 unspecified atom stereocenters. The van der Waals surface area contributed by atoms with E-state index >= 15 is 0 Å². The fourth-order valence-electron chi connectivity index (χ4n) is 1.80. The molecule has 0 heterocycles. The van der Waals surface area contributed by atoms with Gasteiger partial charge in [0, 0.05) is 27.6 Å². The average molecular weight is 343 g/mol. The van der Waals surface area contributed by atoms with Crippen molar-refractivity contribution in [3.63, 3.8) is 0 Å². The maximum Gasteiger partial charge on any atom is 0.129 e. The summed E-state index contributed by atoms with van der Waals surface area (Å²) in [7, 11) is 0. The standard InChI is InChI=1S/C15H14BrClFN/c1-10(11-2-5-13(16)6-3-11)19-9-12-4-7-14(17)8-15(12)18/h2-8,10,19H,9H2,1H3/t10-/m0/s1. The number of halogens is 3. The molecule has 0 amide bonds. The van der Waals surface area contributed by atoms with Gasteiger partial charge in [-0.3, -0.25) is 0 Å². The summed E-state index contributed by atoms with van der Waals surface area (Å²) >= 11 is 9.13. The maximum atomic E-state index is 13.6. The van der Waals surface area contributed by atoms with Crippen LogP contribution in [0, 0.1) is 5.82 Å². The Balaban J connectivity index is 2.00. The van der Waals surface area contributed by atoms with Crippen LogP contribution in [0.2, 0.25) is 5.02 Å². The predicted octanol–water partition coefficient (Wildman–Crippen LogP) is 5.09. The first-order valence-corrected chi connectivity index (χ1v) is 7.16. The van der Waals surface area contributed by atoms with Crippen LogP contribution in [0.5, 0.6) is 0 Å². The molecule has 0 aliphatic rings. The van der Waals surface area contributed by atoms with Crippen molar-refractivity contribution >= 4 is 27.5 Å². The lowest BCUT2D eigenvalue weighted by molar-refractivity contribution is 0.544. The molecular weight excluding hydrogens is 329 g/mol. The molecule has 0 aromatic heterocycles. The summed E-state index contributed by atoms with van der Waals surface area (Å²) in [5.41, 5.74) is 1.78. The van der Waals surface area contributed by atoms with E-state index in [-0.39, 0.29) is 11.9 Å².